The van der Waals surface area contributed by atoms with Crippen LogP contribution in [0.5, 0.6) is 0 Å². The predicted octanol–water partition coefficient (Wildman–Crippen LogP) is 0.0720. The lowest BCUT2D eigenvalue weighted by Crippen LogP contribution is -2.27. The van der Waals surface area contributed by atoms with Gasteiger partial charge in [-0.3, -0.25) is 9.59 Å². The Morgan fingerprint density at radius 2 is 2.00 bits per heavy atom. The van der Waals surface area contributed by atoms with Crippen molar-refractivity contribution in [1.29, 1.82) is 0 Å². The van der Waals surface area contributed by atoms with Crippen molar-refractivity contribution < 1.29 is 24.2 Å². The number of carbonyl (C=O) groups excluding carboxylic acids is 1. The van der Waals surface area contributed by atoms with Gasteiger partial charge >= 0.3 is 11.9 Å². The molecular weight excluding hydrogens is 272 g/mol. The Labute approximate surface area is 112 Å². The van der Waals surface area contributed by atoms with Crippen LogP contribution < -0.4 is 5.43 Å². The molecule has 108 valence electrons. The summed E-state index contributed by atoms with van der Waals surface area (Å²) in [6.07, 6.45) is 0.156. The van der Waals surface area contributed by atoms with E-state index in [1.165, 1.54) is 14.2 Å². The van der Waals surface area contributed by atoms with Gasteiger partial charge in [0.1, 0.15) is 11.3 Å². The van der Waals surface area contributed by atoms with E-state index >= 15 is 0 Å². The summed E-state index contributed by atoms with van der Waals surface area (Å²) in [6.45, 7) is -0.0892. The van der Waals surface area contributed by atoms with Gasteiger partial charge in [0.2, 0.25) is 0 Å². The number of aromatic carboxylic acids is 1. The second kappa shape index (κ2) is 6.68. The van der Waals surface area contributed by atoms with Crippen LogP contribution in [0, 0.1) is 4.91 Å². The van der Waals surface area contributed by atoms with Crippen LogP contribution in [-0.4, -0.2) is 42.1 Å². The highest BCUT2D eigenvalue weighted by Gasteiger charge is 2.19. The van der Waals surface area contributed by atoms with Crippen LogP contribution in [0.2, 0.25) is 0 Å². The third kappa shape index (κ3) is 3.33. The van der Waals surface area contributed by atoms with E-state index in [9.17, 15) is 19.3 Å². The van der Waals surface area contributed by atoms with Crippen molar-refractivity contribution in [2.24, 2.45) is 5.18 Å². The molecule has 9 nitrogen and oxygen atoms in total. The molecule has 0 saturated heterocycles. The molecule has 1 aromatic heterocycles. The molecule has 0 unspecified atom stereocenters. The number of carboxylic acid groups (broad SMARTS) is 1. The smallest absolute Gasteiger partial charge is 0.352 e. The Balaban J connectivity index is 3.37. The summed E-state index contributed by atoms with van der Waals surface area (Å²) in [4.78, 5) is 44.0. The van der Waals surface area contributed by atoms with Gasteiger partial charge in [0.25, 0.3) is 0 Å². The van der Waals surface area contributed by atoms with Crippen LogP contribution in [0.15, 0.2) is 22.2 Å². The van der Waals surface area contributed by atoms with Crippen molar-refractivity contribution in [2.75, 3.05) is 14.2 Å². The molecule has 0 fully saturated rings. The number of carbonyl (C=O) groups is 2. The van der Waals surface area contributed by atoms with Crippen molar-refractivity contribution in [1.82, 2.24) is 4.57 Å². The molecule has 1 N–H and O–H groups in total. The molecular formula is C11H12N2O7. The summed E-state index contributed by atoms with van der Waals surface area (Å²) in [6, 6.07) is 0.739. The third-order valence-electron chi connectivity index (χ3n) is 2.53. The van der Waals surface area contributed by atoms with Gasteiger partial charge in [-0.05, 0) is 0 Å². The van der Waals surface area contributed by atoms with Crippen LogP contribution in [0.3, 0.4) is 0 Å². The highest BCUT2D eigenvalue weighted by molar-refractivity contribution is 5.95. The first-order chi connectivity index (χ1) is 9.44. The van der Waals surface area contributed by atoms with E-state index in [0.29, 0.717) is 0 Å². The monoisotopic (exact) mass is 284 g/mol. The molecule has 0 bridgehead atoms. The predicted molar refractivity (Wildman–Crippen MR) is 65.6 cm³/mol. The lowest BCUT2D eigenvalue weighted by atomic mass is 10.2. The molecule has 0 aliphatic rings. The van der Waals surface area contributed by atoms with E-state index in [1.807, 2.05) is 0 Å². The zero-order valence-corrected chi connectivity index (χ0v) is 10.7. The fourth-order valence-electron chi connectivity index (χ4n) is 1.53. The summed E-state index contributed by atoms with van der Waals surface area (Å²) >= 11 is 0. The highest BCUT2D eigenvalue weighted by atomic mass is 16.7. The van der Waals surface area contributed by atoms with E-state index in [2.05, 4.69) is 5.18 Å². The molecule has 0 aromatic carbocycles. The Hall–Kier alpha value is -2.39. The summed E-state index contributed by atoms with van der Waals surface area (Å²) in [5, 5.41) is 11.2. The maximum absolute atomic E-state index is 11.6. The number of hydrogen-bond acceptors (Lipinski definition) is 6. The number of methoxy groups -OCH3 is 2. The minimum Gasteiger partial charge on any atom is -0.477 e. The van der Waals surface area contributed by atoms with Crippen molar-refractivity contribution in [3.05, 3.63) is 38.7 Å². The largest absolute Gasteiger partial charge is 0.477 e. The summed E-state index contributed by atoms with van der Waals surface area (Å²) in [7, 11) is 2.69. The summed E-state index contributed by atoms with van der Waals surface area (Å²) in [5.41, 5.74) is -1.78. The zero-order chi connectivity index (χ0) is 15.3. The van der Waals surface area contributed by atoms with Crippen molar-refractivity contribution in [2.45, 2.75) is 12.8 Å². The number of aromatic nitrogens is 1. The van der Waals surface area contributed by atoms with Gasteiger partial charge in [0, 0.05) is 31.7 Å². The second-order valence-corrected chi connectivity index (χ2v) is 3.69. The number of nitrogens with zero attached hydrogens (tertiary/aromatic N) is 2. The Kier molecular flexibility index (Phi) is 5.23. The summed E-state index contributed by atoms with van der Waals surface area (Å²) in [5.74, 6) is -2.64. The maximum Gasteiger partial charge on any atom is 0.352 e. The van der Waals surface area contributed by atoms with Gasteiger partial charge < -0.3 is 19.1 Å². The van der Waals surface area contributed by atoms with Gasteiger partial charge in [-0.1, -0.05) is 0 Å². The Bertz CT molecular complexity index is 589. The molecule has 20 heavy (non-hydrogen) atoms. The van der Waals surface area contributed by atoms with Crippen LogP contribution in [0.1, 0.15) is 20.8 Å². The topological polar surface area (TPSA) is 124 Å². The molecule has 0 radical (unpaired) electrons. The number of ether oxygens (including phenoxy) is 2. The van der Waals surface area contributed by atoms with Crippen LogP contribution in [0.4, 0.5) is 0 Å². The standard InChI is InChI=1S/C11H12N2O7/c1-19-9(20-2)5-13-4-6(10(15)12-18)8(14)3-7(13)11(16)17/h3-4,9H,5H2,1-2H3,(H,16,17). The van der Waals surface area contributed by atoms with E-state index in [-0.39, 0.29) is 12.2 Å². The normalized spacial score (nSPS) is 10.6. The first-order valence-corrected chi connectivity index (χ1v) is 5.35. The van der Waals surface area contributed by atoms with Crippen LogP contribution in [-0.2, 0) is 16.0 Å². The van der Waals surface area contributed by atoms with E-state index in [1.54, 1.807) is 0 Å². The SMILES string of the molecule is COC(Cn1cc(C(=O)N=O)c(=O)cc1C(=O)O)OC. The lowest BCUT2D eigenvalue weighted by Gasteiger charge is -2.17. The number of hydrogen-bond donors (Lipinski definition) is 1. The minimum atomic E-state index is -1.37. The average Bonchev–Trinajstić information content (AvgIpc) is 2.44. The van der Waals surface area contributed by atoms with Gasteiger partial charge in [-0.15, -0.1) is 4.91 Å². The fraction of sp³-hybridized carbons (Fsp3) is 0.364. The molecule has 1 aromatic rings. The number of nitroso groups, excluding NO2 is 1. The highest BCUT2D eigenvalue weighted by Crippen LogP contribution is 2.06. The summed E-state index contributed by atoms with van der Waals surface area (Å²) < 4.78 is 10.9. The van der Waals surface area contributed by atoms with Crippen molar-refractivity contribution in [3.8, 4) is 0 Å². The number of rotatable bonds is 6. The fourth-order valence-corrected chi connectivity index (χ4v) is 1.53. The molecule has 9 heteroatoms. The molecule has 0 aliphatic heterocycles. The minimum absolute atomic E-state index is 0.0892. The maximum atomic E-state index is 11.6. The van der Waals surface area contributed by atoms with E-state index < -0.39 is 29.2 Å². The molecule has 0 atom stereocenters. The molecule has 1 rings (SSSR count). The molecule has 1 heterocycles. The molecule has 0 aliphatic carbocycles. The van der Waals surface area contributed by atoms with Crippen molar-refractivity contribution >= 4 is 11.9 Å². The molecule has 1 amide bonds. The quantitative estimate of drug-likeness (QED) is 0.579. The van der Waals surface area contributed by atoms with Crippen molar-refractivity contribution in [3.63, 3.8) is 0 Å². The van der Waals surface area contributed by atoms with Gasteiger partial charge in [-0.2, -0.15) is 0 Å². The zero-order valence-electron chi connectivity index (χ0n) is 10.7. The number of amides is 1. The Morgan fingerprint density at radius 1 is 1.40 bits per heavy atom. The molecule has 0 saturated carbocycles. The van der Waals surface area contributed by atoms with Crippen LogP contribution >= 0.6 is 0 Å². The van der Waals surface area contributed by atoms with Gasteiger partial charge in [-0.25, -0.2) is 4.79 Å². The first kappa shape index (κ1) is 15.7. The number of pyridine rings is 1. The second-order valence-electron chi connectivity index (χ2n) is 3.69. The van der Waals surface area contributed by atoms with E-state index in [4.69, 9.17) is 14.6 Å². The number of carboxylic acids is 1. The average molecular weight is 284 g/mol. The third-order valence-corrected chi connectivity index (χ3v) is 2.53. The van der Waals surface area contributed by atoms with E-state index in [0.717, 1.165) is 16.8 Å². The van der Waals surface area contributed by atoms with Gasteiger partial charge in [0.15, 0.2) is 11.7 Å². The lowest BCUT2D eigenvalue weighted by molar-refractivity contribution is -0.111. The van der Waals surface area contributed by atoms with Crippen LogP contribution in [0.25, 0.3) is 0 Å². The first-order valence-electron chi connectivity index (χ1n) is 5.35. The molecule has 0 spiro atoms. The van der Waals surface area contributed by atoms with Gasteiger partial charge in [0.05, 0.1) is 6.54 Å². The Morgan fingerprint density at radius 3 is 2.45 bits per heavy atom.